The summed E-state index contributed by atoms with van der Waals surface area (Å²) in [6, 6.07) is 0. The van der Waals surface area contributed by atoms with Crippen molar-refractivity contribution in [2.75, 3.05) is 13.2 Å². The zero-order chi connectivity index (χ0) is 26.1. The van der Waals surface area contributed by atoms with E-state index >= 15 is 0 Å². The van der Waals surface area contributed by atoms with Gasteiger partial charge in [-0.1, -0.05) is 98.1 Å². The van der Waals surface area contributed by atoms with Crippen LogP contribution in [0.3, 0.4) is 0 Å². The third-order valence-electron chi connectivity index (χ3n) is 7.05. The normalized spacial score (nSPS) is 16.4. The van der Waals surface area contributed by atoms with Crippen LogP contribution in [0.2, 0.25) is 0 Å². The summed E-state index contributed by atoms with van der Waals surface area (Å²) in [6.07, 6.45) is 13.0. The number of carbonyl (C=O) groups is 1. The third-order valence-corrected chi connectivity index (χ3v) is 7.05. The average molecular weight is 484 g/mol. The van der Waals surface area contributed by atoms with Gasteiger partial charge in [-0.05, 0) is 50.4 Å². The van der Waals surface area contributed by atoms with Crippen molar-refractivity contribution < 1.29 is 20.1 Å². The lowest BCUT2D eigenvalue weighted by molar-refractivity contribution is -0.137. The molecule has 34 heavy (non-hydrogen) atoms. The maximum absolute atomic E-state index is 12.0. The Labute approximate surface area is 210 Å². The predicted molar refractivity (Wildman–Crippen MR) is 144 cm³/mol. The van der Waals surface area contributed by atoms with Gasteiger partial charge in [-0.2, -0.15) is 0 Å². The molecule has 1 unspecified atom stereocenters. The fourth-order valence-electron chi connectivity index (χ4n) is 4.16. The van der Waals surface area contributed by atoms with Crippen LogP contribution in [0, 0.1) is 23.2 Å². The Hall–Kier alpha value is -0.910. The van der Waals surface area contributed by atoms with E-state index < -0.39 is 23.5 Å². The second kappa shape index (κ2) is 18.4. The van der Waals surface area contributed by atoms with Crippen molar-refractivity contribution in [1.82, 2.24) is 5.32 Å². The summed E-state index contributed by atoms with van der Waals surface area (Å²) < 4.78 is 0. The molecule has 0 radical (unpaired) electrons. The van der Waals surface area contributed by atoms with Gasteiger partial charge < -0.3 is 20.6 Å². The molecule has 202 valence electrons. The molecular weight excluding hydrogens is 426 g/mol. The van der Waals surface area contributed by atoms with Crippen LogP contribution in [0.25, 0.3) is 0 Å². The molecule has 0 aliphatic rings. The average Bonchev–Trinajstić information content (AvgIpc) is 2.76. The quantitative estimate of drug-likeness (QED) is 0.160. The number of rotatable bonds is 20. The van der Waals surface area contributed by atoms with Crippen LogP contribution in [0.4, 0.5) is 0 Å². The first-order valence-corrected chi connectivity index (χ1v) is 13.8. The zero-order valence-corrected chi connectivity index (χ0v) is 23.4. The SMILES string of the molecule is C/C(=C\CC(O)CCNC(=O)[C@H](O)C(C)(C)CO)CCC[C@H](C)CCC[C@H](C)CCCC(C)C. The second-order valence-corrected chi connectivity index (χ2v) is 11.9. The zero-order valence-electron chi connectivity index (χ0n) is 23.4. The Kier molecular flexibility index (Phi) is 17.9. The minimum atomic E-state index is -1.27. The van der Waals surface area contributed by atoms with E-state index in [1.165, 1.54) is 56.9 Å². The van der Waals surface area contributed by atoms with Crippen molar-refractivity contribution in [3.05, 3.63) is 11.6 Å². The first-order chi connectivity index (χ1) is 15.9. The Morgan fingerprint density at radius 3 is 1.94 bits per heavy atom. The molecule has 0 aromatic heterocycles. The van der Waals surface area contributed by atoms with Gasteiger partial charge in [0.2, 0.25) is 5.91 Å². The molecule has 0 spiro atoms. The highest BCUT2D eigenvalue weighted by molar-refractivity contribution is 5.81. The van der Waals surface area contributed by atoms with Crippen LogP contribution in [-0.4, -0.2) is 46.6 Å². The fourth-order valence-corrected chi connectivity index (χ4v) is 4.16. The van der Waals surface area contributed by atoms with Crippen LogP contribution in [0.1, 0.15) is 119 Å². The maximum atomic E-state index is 12.0. The van der Waals surface area contributed by atoms with Gasteiger partial charge in [-0.3, -0.25) is 4.79 Å². The molecule has 0 aromatic carbocycles. The number of aliphatic hydroxyl groups is 3. The summed E-state index contributed by atoms with van der Waals surface area (Å²) in [6.45, 7) is 14.8. The van der Waals surface area contributed by atoms with E-state index in [2.05, 4.69) is 46.0 Å². The molecule has 0 aliphatic carbocycles. The monoisotopic (exact) mass is 483 g/mol. The molecular formula is C29H57NO4. The van der Waals surface area contributed by atoms with Gasteiger partial charge in [0, 0.05) is 12.0 Å². The summed E-state index contributed by atoms with van der Waals surface area (Å²) in [7, 11) is 0. The van der Waals surface area contributed by atoms with Crippen LogP contribution < -0.4 is 5.32 Å². The molecule has 0 aliphatic heterocycles. The van der Waals surface area contributed by atoms with E-state index in [1.807, 2.05) is 0 Å². The van der Waals surface area contributed by atoms with E-state index in [-0.39, 0.29) is 6.61 Å². The number of carbonyl (C=O) groups excluding carboxylic acids is 1. The van der Waals surface area contributed by atoms with Crippen molar-refractivity contribution in [3.63, 3.8) is 0 Å². The molecule has 0 bridgehead atoms. The van der Waals surface area contributed by atoms with Crippen LogP contribution in [-0.2, 0) is 4.79 Å². The lowest BCUT2D eigenvalue weighted by Gasteiger charge is -2.27. The molecule has 4 N–H and O–H groups in total. The van der Waals surface area contributed by atoms with Gasteiger partial charge in [-0.15, -0.1) is 0 Å². The molecule has 0 saturated carbocycles. The standard InChI is InChI=1S/C29H57NO4/c1-22(2)11-8-12-23(3)13-9-14-24(4)15-10-16-25(5)17-18-26(32)19-20-30-28(34)27(33)29(6,7)21-31/h17,22-24,26-27,31-33H,8-16,18-21H2,1-7H3,(H,30,34)/b25-17+/t23-,24-,26?,27+/m1/s1. The lowest BCUT2D eigenvalue weighted by atomic mass is 9.87. The number of hydrogen-bond donors (Lipinski definition) is 4. The summed E-state index contributed by atoms with van der Waals surface area (Å²) >= 11 is 0. The van der Waals surface area contributed by atoms with E-state index in [0.717, 1.165) is 24.2 Å². The largest absolute Gasteiger partial charge is 0.396 e. The number of nitrogens with one attached hydrogen (secondary N) is 1. The Morgan fingerprint density at radius 1 is 0.882 bits per heavy atom. The summed E-state index contributed by atoms with van der Waals surface area (Å²) in [5.41, 5.74) is 0.431. The Morgan fingerprint density at radius 2 is 1.41 bits per heavy atom. The highest BCUT2D eigenvalue weighted by atomic mass is 16.3. The minimum absolute atomic E-state index is 0.273. The van der Waals surface area contributed by atoms with Gasteiger partial charge in [0.25, 0.3) is 0 Å². The van der Waals surface area contributed by atoms with E-state index in [9.17, 15) is 20.1 Å². The summed E-state index contributed by atoms with van der Waals surface area (Å²) in [4.78, 5) is 12.0. The predicted octanol–water partition coefficient (Wildman–Crippen LogP) is 6.01. The van der Waals surface area contributed by atoms with Crippen molar-refractivity contribution in [2.45, 2.75) is 131 Å². The number of allylic oxidation sites excluding steroid dienone is 1. The topological polar surface area (TPSA) is 89.8 Å². The van der Waals surface area contributed by atoms with Crippen LogP contribution in [0.15, 0.2) is 11.6 Å². The number of aliphatic hydroxyl groups excluding tert-OH is 3. The minimum Gasteiger partial charge on any atom is -0.396 e. The van der Waals surface area contributed by atoms with Crippen molar-refractivity contribution in [2.24, 2.45) is 23.2 Å². The highest BCUT2D eigenvalue weighted by Gasteiger charge is 2.32. The third kappa shape index (κ3) is 16.7. The van der Waals surface area contributed by atoms with Crippen molar-refractivity contribution >= 4 is 5.91 Å². The van der Waals surface area contributed by atoms with Gasteiger partial charge in [0.05, 0.1) is 12.7 Å². The van der Waals surface area contributed by atoms with Crippen LogP contribution >= 0.6 is 0 Å². The molecule has 0 fully saturated rings. The van der Waals surface area contributed by atoms with Gasteiger partial charge in [0.1, 0.15) is 6.10 Å². The van der Waals surface area contributed by atoms with Gasteiger partial charge in [-0.25, -0.2) is 0 Å². The number of hydrogen-bond acceptors (Lipinski definition) is 4. The molecule has 5 nitrogen and oxygen atoms in total. The Bertz CT molecular complexity index is 558. The molecule has 5 heteroatoms. The van der Waals surface area contributed by atoms with Gasteiger partial charge in [0.15, 0.2) is 0 Å². The number of amides is 1. The van der Waals surface area contributed by atoms with Gasteiger partial charge >= 0.3 is 0 Å². The molecule has 4 atom stereocenters. The molecule has 0 heterocycles. The van der Waals surface area contributed by atoms with E-state index in [1.54, 1.807) is 13.8 Å². The smallest absolute Gasteiger partial charge is 0.249 e. The highest BCUT2D eigenvalue weighted by Crippen LogP contribution is 2.22. The molecule has 1 amide bonds. The fraction of sp³-hybridized carbons (Fsp3) is 0.897. The first kappa shape index (κ1) is 33.1. The van der Waals surface area contributed by atoms with Crippen molar-refractivity contribution in [1.29, 1.82) is 0 Å². The molecule has 0 saturated heterocycles. The summed E-state index contributed by atoms with van der Waals surface area (Å²) in [5.74, 6) is 1.95. The van der Waals surface area contributed by atoms with E-state index in [0.29, 0.717) is 19.4 Å². The first-order valence-electron chi connectivity index (χ1n) is 13.8. The Balaban J connectivity index is 3.94. The molecule has 0 rings (SSSR count). The van der Waals surface area contributed by atoms with E-state index in [4.69, 9.17) is 0 Å². The van der Waals surface area contributed by atoms with Crippen molar-refractivity contribution in [3.8, 4) is 0 Å². The van der Waals surface area contributed by atoms with Crippen LogP contribution in [0.5, 0.6) is 0 Å². The second-order valence-electron chi connectivity index (χ2n) is 11.9. The lowest BCUT2D eigenvalue weighted by Crippen LogP contribution is -2.46. The summed E-state index contributed by atoms with van der Waals surface area (Å²) in [5, 5.41) is 32.1. The molecule has 0 aromatic rings. The maximum Gasteiger partial charge on any atom is 0.249 e.